The molecule has 0 aromatic carbocycles. The number of hydrogen-bond acceptors (Lipinski definition) is 8. The van der Waals surface area contributed by atoms with Gasteiger partial charge in [0.1, 0.15) is 4.60 Å². The van der Waals surface area contributed by atoms with E-state index in [2.05, 4.69) is 40.8 Å². The molecule has 2 aromatic rings. The van der Waals surface area contributed by atoms with Gasteiger partial charge in [0.2, 0.25) is 11.9 Å². The van der Waals surface area contributed by atoms with Crippen LogP contribution in [0.15, 0.2) is 29.1 Å². The van der Waals surface area contributed by atoms with E-state index in [1.54, 1.807) is 24.5 Å². The SMILES string of the molecule is CCCCOC(=O)c1cc(Br)nc(N2CCN(c3ncccn3)CC2)n1. The first-order chi connectivity index (χ1) is 12.7. The molecular formula is C17H21BrN6O2. The fourth-order valence-electron chi connectivity index (χ4n) is 2.60. The lowest BCUT2D eigenvalue weighted by Gasteiger charge is -2.34. The molecule has 0 unspecified atom stereocenters. The van der Waals surface area contributed by atoms with E-state index in [1.165, 1.54) is 0 Å². The zero-order chi connectivity index (χ0) is 18.4. The molecule has 0 aliphatic carbocycles. The lowest BCUT2D eigenvalue weighted by Crippen LogP contribution is -2.47. The Balaban J connectivity index is 1.65. The zero-order valence-corrected chi connectivity index (χ0v) is 16.2. The predicted molar refractivity (Wildman–Crippen MR) is 101 cm³/mol. The number of carbonyl (C=O) groups is 1. The maximum atomic E-state index is 12.2. The molecule has 0 bridgehead atoms. The van der Waals surface area contributed by atoms with E-state index < -0.39 is 5.97 Å². The Morgan fingerprint density at radius 2 is 1.77 bits per heavy atom. The van der Waals surface area contributed by atoms with Gasteiger partial charge in [0.15, 0.2) is 5.69 Å². The third-order valence-electron chi connectivity index (χ3n) is 4.02. The maximum absolute atomic E-state index is 12.2. The average Bonchev–Trinajstić information content (AvgIpc) is 2.68. The van der Waals surface area contributed by atoms with E-state index in [9.17, 15) is 4.79 Å². The van der Waals surface area contributed by atoms with Gasteiger partial charge in [-0.1, -0.05) is 13.3 Å². The second kappa shape index (κ2) is 8.88. The summed E-state index contributed by atoms with van der Waals surface area (Å²) in [6, 6.07) is 3.39. The molecule has 0 radical (unpaired) electrons. The lowest BCUT2D eigenvalue weighted by atomic mass is 10.3. The van der Waals surface area contributed by atoms with Crippen molar-refractivity contribution >= 4 is 33.8 Å². The minimum atomic E-state index is -0.417. The van der Waals surface area contributed by atoms with E-state index in [0.29, 0.717) is 17.2 Å². The molecule has 3 heterocycles. The first-order valence-electron chi connectivity index (χ1n) is 8.66. The molecule has 0 saturated carbocycles. The minimum Gasteiger partial charge on any atom is -0.461 e. The molecule has 8 nitrogen and oxygen atoms in total. The van der Waals surface area contributed by atoms with Gasteiger partial charge in [-0.05, 0) is 28.4 Å². The van der Waals surface area contributed by atoms with Crippen LogP contribution >= 0.6 is 15.9 Å². The number of carbonyl (C=O) groups excluding carboxylic acids is 1. The van der Waals surface area contributed by atoms with E-state index in [-0.39, 0.29) is 5.69 Å². The smallest absolute Gasteiger partial charge is 0.357 e. The van der Waals surface area contributed by atoms with Crippen molar-refractivity contribution in [2.45, 2.75) is 19.8 Å². The van der Waals surface area contributed by atoms with Gasteiger partial charge in [-0.25, -0.2) is 24.7 Å². The molecule has 1 fully saturated rings. The second-order valence-electron chi connectivity index (χ2n) is 5.89. The van der Waals surface area contributed by atoms with Crippen LogP contribution in [0.5, 0.6) is 0 Å². The van der Waals surface area contributed by atoms with Gasteiger partial charge in [0.25, 0.3) is 0 Å². The van der Waals surface area contributed by atoms with Crippen molar-refractivity contribution in [2.75, 3.05) is 42.6 Å². The summed E-state index contributed by atoms with van der Waals surface area (Å²) in [4.78, 5) is 33.7. The molecule has 1 aliphatic rings. The largest absolute Gasteiger partial charge is 0.461 e. The molecule has 1 aliphatic heterocycles. The van der Waals surface area contributed by atoms with Gasteiger partial charge < -0.3 is 14.5 Å². The van der Waals surface area contributed by atoms with Gasteiger partial charge >= 0.3 is 5.97 Å². The van der Waals surface area contributed by atoms with Gasteiger partial charge in [-0.15, -0.1) is 0 Å². The van der Waals surface area contributed by atoms with Crippen LogP contribution in [-0.4, -0.2) is 58.7 Å². The number of unbranched alkanes of at least 4 members (excludes halogenated alkanes) is 1. The highest BCUT2D eigenvalue weighted by Crippen LogP contribution is 2.18. The normalized spacial score (nSPS) is 14.4. The summed E-state index contributed by atoms with van der Waals surface area (Å²) >= 11 is 3.36. The van der Waals surface area contributed by atoms with Crippen LogP contribution in [0, 0.1) is 0 Å². The number of piperazine rings is 1. The lowest BCUT2D eigenvalue weighted by molar-refractivity contribution is 0.0492. The second-order valence-corrected chi connectivity index (χ2v) is 6.70. The van der Waals surface area contributed by atoms with Crippen LogP contribution < -0.4 is 9.80 Å². The first-order valence-corrected chi connectivity index (χ1v) is 9.45. The van der Waals surface area contributed by atoms with Gasteiger partial charge in [-0.2, -0.15) is 0 Å². The first kappa shape index (κ1) is 18.5. The molecule has 0 N–H and O–H groups in total. The Bertz CT molecular complexity index is 737. The Morgan fingerprint density at radius 1 is 1.12 bits per heavy atom. The van der Waals surface area contributed by atoms with Crippen LogP contribution in [0.3, 0.4) is 0 Å². The summed E-state index contributed by atoms with van der Waals surface area (Å²) < 4.78 is 5.82. The Labute approximate surface area is 160 Å². The van der Waals surface area contributed by atoms with Crippen molar-refractivity contribution in [1.29, 1.82) is 0 Å². The minimum absolute atomic E-state index is 0.270. The number of ether oxygens (including phenoxy) is 1. The van der Waals surface area contributed by atoms with Crippen molar-refractivity contribution in [3.8, 4) is 0 Å². The van der Waals surface area contributed by atoms with Crippen molar-refractivity contribution < 1.29 is 9.53 Å². The number of anilines is 2. The number of hydrogen-bond donors (Lipinski definition) is 0. The number of aromatic nitrogens is 4. The molecule has 1 saturated heterocycles. The van der Waals surface area contributed by atoms with E-state index in [0.717, 1.165) is 45.0 Å². The molecule has 0 atom stereocenters. The van der Waals surface area contributed by atoms with Crippen molar-refractivity contribution in [3.05, 3.63) is 34.8 Å². The molecule has 0 amide bonds. The topological polar surface area (TPSA) is 84.3 Å². The highest BCUT2D eigenvalue weighted by atomic mass is 79.9. The van der Waals surface area contributed by atoms with Crippen molar-refractivity contribution in [1.82, 2.24) is 19.9 Å². The summed E-state index contributed by atoms with van der Waals surface area (Å²) in [7, 11) is 0. The molecular weight excluding hydrogens is 400 g/mol. The standard InChI is InChI=1S/C17H21BrN6O2/c1-2-3-11-26-15(25)13-12-14(18)22-17(21-13)24-9-7-23(8-10-24)16-19-5-4-6-20-16/h4-6,12H,2-3,7-11H2,1H3. The molecule has 0 spiro atoms. The number of halogens is 1. The predicted octanol–water partition coefficient (Wildman–Crippen LogP) is 2.31. The number of esters is 1. The molecule has 3 rings (SSSR count). The van der Waals surface area contributed by atoms with Crippen molar-refractivity contribution in [2.24, 2.45) is 0 Å². The molecule has 26 heavy (non-hydrogen) atoms. The highest BCUT2D eigenvalue weighted by molar-refractivity contribution is 9.10. The fraction of sp³-hybridized carbons (Fsp3) is 0.471. The van der Waals surface area contributed by atoms with Crippen LogP contribution in [-0.2, 0) is 4.74 Å². The Kier molecular flexibility index (Phi) is 6.32. The summed E-state index contributed by atoms with van der Waals surface area (Å²) in [5.74, 6) is 0.831. The molecule has 9 heteroatoms. The van der Waals surface area contributed by atoms with Crippen LogP contribution in [0.2, 0.25) is 0 Å². The van der Waals surface area contributed by atoms with E-state index in [4.69, 9.17) is 4.74 Å². The number of nitrogens with zero attached hydrogens (tertiary/aromatic N) is 6. The zero-order valence-electron chi connectivity index (χ0n) is 14.6. The van der Waals surface area contributed by atoms with Gasteiger partial charge in [0, 0.05) is 44.6 Å². The summed E-state index contributed by atoms with van der Waals surface area (Å²) in [6.45, 7) is 5.42. The van der Waals surface area contributed by atoms with Crippen LogP contribution in [0.25, 0.3) is 0 Å². The Morgan fingerprint density at radius 3 is 2.42 bits per heavy atom. The number of rotatable bonds is 6. The molecule has 138 valence electrons. The van der Waals surface area contributed by atoms with E-state index in [1.807, 2.05) is 11.8 Å². The maximum Gasteiger partial charge on any atom is 0.357 e. The van der Waals surface area contributed by atoms with Crippen molar-refractivity contribution in [3.63, 3.8) is 0 Å². The summed E-state index contributed by atoms with van der Waals surface area (Å²) in [6.07, 6.45) is 5.29. The average molecular weight is 421 g/mol. The van der Waals surface area contributed by atoms with Crippen LogP contribution in [0.1, 0.15) is 30.3 Å². The van der Waals surface area contributed by atoms with Gasteiger partial charge in [0.05, 0.1) is 6.61 Å². The highest BCUT2D eigenvalue weighted by Gasteiger charge is 2.22. The van der Waals surface area contributed by atoms with E-state index >= 15 is 0 Å². The fourth-order valence-corrected chi connectivity index (χ4v) is 2.97. The monoisotopic (exact) mass is 420 g/mol. The third kappa shape index (κ3) is 4.66. The van der Waals surface area contributed by atoms with Crippen LogP contribution in [0.4, 0.5) is 11.9 Å². The van der Waals surface area contributed by atoms with Gasteiger partial charge in [-0.3, -0.25) is 0 Å². The summed E-state index contributed by atoms with van der Waals surface area (Å²) in [5, 5.41) is 0. The quantitative estimate of drug-likeness (QED) is 0.399. The molecule has 2 aromatic heterocycles. The third-order valence-corrected chi connectivity index (χ3v) is 4.43. The Hall–Kier alpha value is -2.29. The summed E-state index contributed by atoms with van der Waals surface area (Å²) in [5.41, 5.74) is 0.270.